The fourth-order valence-corrected chi connectivity index (χ4v) is 4.11. The lowest BCUT2D eigenvalue weighted by Crippen LogP contribution is -2.30. The zero-order valence-corrected chi connectivity index (χ0v) is 16.5. The first-order valence-electron chi connectivity index (χ1n) is 9.37. The summed E-state index contributed by atoms with van der Waals surface area (Å²) in [6, 6.07) is 10.7. The number of thiazole rings is 1. The maximum atomic E-state index is 13.1. The van der Waals surface area contributed by atoms with E-state index in [0.717, 1.165) is 17.4 Å². The van der Waals surface area contributed by atoms with Crippen LogP contribution in [0.4, 0.5) is 10.8 Å². The van der Waals surface area contributed by atoms with E-state index in [1.54, 1.807) is 65.0 Å². The average Bonchev–Trinajstić information content (AvgIpc) is 3.46. The molecule has 4 rings (SSSR count). The molecule has 3 aromatic rings. The fraction of sp³-hybridized carbons (Fsp3) is 0.286. The highest BCUT2D eigenvalue weighted by molar-refractivity contribution is 7.13. The molecule has 1 aliphatic rings. The van der Waals surface area contributed by atoms with Crippen LogP contribution in [-0.4, -0.2) is 33.6 Å². The molecule has 0 aliphatic heterocycles. The summed E-state index contributed by atoms with van der Waals surface area (Å²) in [5.41, 5.74) is 2.07. The molecule has 2 heterocycles. The van der Waals surface area contributed by atoms with Gasteiger partial charge in [-0.15, -0.1) is 11.3 Å². The number of carbonyl (C=O) groups is 1. The van der Waals surface area contributed by atoms with Crippen molar-refractivity contribution in [2.45, 2.75) is 32.4 Å². The van der Waals surface area contributed by atoms with E-state index < -0.39 is 0 Å². The molecule has 0 spiro atoms. The molecule has 144 valence electrons. The Hall–Kier alpha value is -2.93. The standard InChI is InChI=1S/C21H22N4O2S/c1-2-24(17-5-6-17)21-23-16(14-28-21)13-25(18-7-9-19(26)10-8-18)20(27)15-4-3-11-22-12-15/h3-4,7-12,14,17,26H,2,5-6,13H2,1H3. The van der Waals surface area contributed by atoms with Crippen LogP contribution < -0.4 is 9.80 Å². The van der Waals surface area contributed by atoms with Crippen molar-refractivity contribution in [1.82, 2.24) is 9.97 Å². The SMILES string of the molecule is CCN(c1nc(CN(C(=O)c2cccnc2)c2ccc(O)cc2)cs1)C1CC1. The minimum absolute atomic E-state index is 0.150. The van der Waals surface area contributed by atoms with E-state index in [-0.39, 0.29) is 11.7 Å². The Morgan fingerprint density at radius 3 is 2.68 bits per heavy atom. The number of hydrogen-bond donors (Lipinski definition) is 1. The number of phenols is 1. The summed E-state index contributed by atoms with van der Waals surface area (Å²) in [5.74, 6) is 0.0133. The quantitative estimate of drug-likeness (QED) is 0.654. The van der Waals surface area contributed by atoms with Crippen LogP contribution in [-0.2, 0) is 6.54 Å². The number of pyridine rings is 1. The molecule has 1 aromatic carbocycles. The monoisotopic (exact) mass is 394 g/mol. The van der Waals surface area contributed by atoms with Gasteiger partial charge in [-0.2, -0.15) is 0 Å². The van der Waals surface area contributed by atoms with E-state index in [2.05, 4.69) is 16.8 Å². The molecule has 1 aliphatic carbocycles. The molecule has 0 atom stereocenters. The molecule has 0 bridgehead atoms. The second-order valence-electron chi connectivity index (χ2n) is 6.79. The minimum Gasteiger partial charge on any atom is -0.508 e. The van der Waals surface area contributed by atoms with E-state index in [0.29, 0.717) is 23.8 Å². The predicted molar refractivity (Wildman–Crippen MR) is 111 cm³/mol. The van der Waals surface area contributed by atoms with Gasteiger partial charge in [0.05, 0.1) is 17.8 Å². The van der Waals surface area contributed by atoms with Gasteiger partial charge in [0.2, 0.25) is 0 Å². The van der Waals surface area contributed by atoms with Crippen LogP contribution in [0.5, 0.6) is 5.75 Å². The lowest BCUT2D eigenvalue weighted by molar-refractivity contribution is 0.0984. The van der Waals surface area contributed by atoms with Gasteiger partial charge in [-0.05, 0) is 56.2 Å². The molecule has 0 saturated heterocycles. The Morgan fingerprint density at radius 1 is 1.25 bits per heavy atom. The molecular weight excluding hydrogens is 372 g/mol. The number of phenolic OH excluding ortho intramolecular Hbond substituents is 1. The summed E-state index contributed by atoms with van der Waals surface area (Å²) in [5, 5.41) is 12.6. The van der Waals surface area contributed by atoms with Crippen molar-refractivity contribution in [3.05, 3.63) is 65.4 Å². The van der Waals surface area contributed by atoms with Gasteiger partial charge in [0.1, 0.15) is 5.75 Å². The molecule has 0 radical (unpaired) electrons. The van der Waals surface area contributed by atoms with Crippen LogP contribution in [0.1, 0.15) is 35.8 Å². The van der Waals surface area contributed by atoms with Gasteiger partial charge in [-0.1, -0.05) is 0 Å². The van der Waals surface area contributed by atoms with Crippen molar-refractivity contribution < 1.29 is 9.90 Å². The molecule has 1 saturated carbocycles. The Labute approximate surface area is 168 Å². The van der Waals surface area contributed by atoms with Gasteiger partial charge in [-0.25, -0.2) is 4.98 Å². The second-order valence-corrected chi connectivity index (χ2v) is 7.62. The first-order valence-corrected chi connectivity index (χ1v) is 10.3. The molecule has 1 amide bonds. The Kier molecular flexibility index (Phi) is 5.25. The lowest BCUT2D eigenvalue weighted by Gasteiger charge is -2.22. The highest BCUT2D eigenvalue weighted by Gasteiger charge is 2.30. The van der Waals surface area contributed by atoms with Crippen LogP contribution >= 0.6 is 11.3 Å². The van der Waals surface area contributed by atoms with Crippen molar-refractivity contribution in [2.75, 3.05) is 16.3 Å². The molecule has 7 heteroatoms. The van der Waals surface area contributed by atoms with Gasteiger partial charge < -0.3 is 14.9 Å². The molecule has 28 heavy (non-hydrogen) atoms. The minimum atomic E-state index is -0.150. The number of nitrogens with zero attached hydrogens (tertiary/aromatic N) is 4. The zero-order valence-electron chi connectivity index (χ0n) is 15.7. The first-order chi connectivity index (χ1) is 13.7. The van der Waals surface area contributed by atoms with E-state index in [9.17, 15) is 9.90 Å². The molecule has 1 N–H and O–H groups in total. The third-order valence-electron chi connectivity index (χ3n) is 4.75. The summed E-state index contributed by atoms with van der Waals surface area (Å²) in [6.07, 6.45) is 5.66. The lowest BCUT2D eigenvalue weighted by atomic mass is 10.2. The van der Waals surface area contributed by atoms with E-state index in [4.69, 9.17) is 4.98 Å². The van der Waals surface area contributed by atoms with Crippen LogP contribution in [0, 0.1) is 0 Å². The summed E-state index contributed by atoms with van der Waals surface area (Å²) >= 11 is 1.62. The normalized spacial score (nSPS) is 13.3. The van der Waals surface area contributed by atoms with Gasteiger partial charge in [0.25, 0.3) is 5.91 Å². The summed E-state index contributed by atoms with van der Waals surface area (Å²) < 4.78 is 0. The molecule has 0 unspecified atom stereocenters. The van der Waals surface area contributed by atoms with Crippen LogP contribution in [0.15, 0.2) is 54.2 Å². The maximum absolute atomic E-state index is 13.1. The third kappa shape index (κ3) is 3.99. The molecule has 1 fully saturated rings. The topological polar surface area (TPSA) is 69.6 Å². The number of benzene rings is 1. The Morgan fingerprint density at radius 2 is 2.04 bits per heavy atom. The van der Waals surface area contributed by atoms with Gasteiger partial charge in [0.15, 0.2) is 5.13 Å². The van der Waals surface area contributed by atoms with Crippen molar-refractivity contribution in [3.8, 4) is 5.75 Å². The predicted octanol–water partition coefficient (Wildman–Crippen LogP) is 4.08. The van der Waals surface area contributed by atoms with Crippen LogP contribution in [0.25, 0.3) is 0 Å². The maximum Gasteiger partial charge on any atom is 0.260 e. The van der Waals surface area contributed by atoms with Crippen LogP contribution in [0.3, 0.4) is 0 Å². The number of anilines is 2. The number of aromatic nitrogens is 2. The third-order valence-corrected chi connectivity index (χ3v) is 5.68. The fourth-order valence-electron chi connectivity index (χ4n) is 3.16. The zero-order chi connectivity index (χ0) is 19.5. The van der Waals surface area contributed by atoms with E-state index >= 15 is 0 Å². The van der Waals surface area contributed by atoms with Gasteiger partial charge >= 0.3 is 0 Å². The Balaban J connectivity index is 1.61. The van der Waals surface area contributed by atoms with E-state index in [1.165, 1.54) is 12.8 Å². The molecular formula is C21H22N4O2S. The van der Waals surface area contributed by atoms with E-state index in [1.807, 2.05) is 5.38 Å². The summed E-state index contributed by atoms with van der Waals surface area (Å²) in [7, 11) is 0. The van der Waals surface area contributed by atoms with Crippen molar-refractivity contribution in [3.63, 3.8) is 0 Å². The van der Waals surface area contributed by atoms with Crippen molar-refractivity contribution in [1.29, 1.82) is 0 Å². The second kappa shape index (κ2) is 7.98. The number of amides is 1. The summed E-state index contributed by atoms with van der Waals surface area (Å²) in [6.45, 7) is 3.44. The smallest absolute Gasteiger partial charge is 0.260 e. The Bertz CT molecular complexity index is 939. The van der Waals surface area contributed by atoms with Crippen molar-refractivity contribution in [2.24, 2.45) is 0 Å². The number of rotatable bonds is 7. The number of hydrogen-bond acceptors (Lipinski definition) is 6. The van der Waals surface area contributed by atoms with Crippen molar-refractivity contribution >= 4 is 28.1 Å². The molecule has 2 aromatic heterocycles. The molecule has 6 nitrogen and oxygen atoms in total. The average molecular weight is 395 g/mol. The van der Waals surface area contributed by atoms with Crippen LogP contribution in [0.2, 0.25) is 0 Å². The summed E-state index contributed by atoms with van der Waals surface area (Å²) in [4.78, 5) is 26.0. The van der Waals surface area contributed by atoms with Gasteiger partial charge in [-0.3, -0.25) is 9.78 Å². The number of aromatic hydroxyl groups is 1. The van der Waals surface area contributed by atoms with Gasteiger partial charge in [0, 0.05) is 36.0 Å². The first kappa shape index (κ1) is 18.4. The number of carbonyl (C=O) groups excluding carboxylic acids is 1. The highest BCUT2D eigenvalue weighted by atomic mass is 32.1. The highest BCUT2D eigenvalue weighted by Crippen LogP contribution is 2.33. The largest absolute Gasteiger partial charge is 0.508 e.